The summed E-state index contributed by atoms with van der Waals surface area (Å²) in [6.07, 6.45) is 4.42. The average molecular weight is 443 g/mol. The first-order chi connectivity index (χ1) is 15.0. The number of hydrogen-bond acceptors (Lipinski definition) is 7. The minimum atomic E-state index is -0.561. The molecule has 0 radical (unpaired) electrons. The zero-order chi connectivity index (χ0) is 22.0. The van der Waals surface area contributed by atoms with Crippen LogP contribution in [0.5, 0.6) is 0 Å². The summed E-state index contributed by atoms with van der Waals surface area (Å²) in [6.45, 7) is -0.282. The van der Waals surface area contributed by atoms with Crippen LogP contribution in [0.2, 0.25) is 5.02 Å². The molecule has 8 nitrogen and oxygen atoms in total. The molecule has 1 saturated carbocycles. The standard InChI is InChI=1S/C22H23ClN4O4/c1-31-19(29)12-27-20-13(10-17(21(27)30)16-4-2-3-5-18(16)23)11-24-22(26-20)25-14-6-8-15(28)9-7-14/h2-5,10-11,14-15,28H,6-9,12H2,1H3,(H,24,25,26). The van der Waals surface area contributed by atoms with E-state index < -0.39 is 11.5 Å². The number of aliphatic hydroxyl groups excluding tert-OH is 1. The lowest BCUT2D eigenvalue weighted by molar-refractivity contribution is -0.141. The van der Waals surface area contributed by atoms with Crippen molar-refractivity contribution in [3.8, 4) is 11.1 Å². The molecule has 0 amide bonds. The molecule has 31 heavy (non-hydrogen) atoms. The number of aliphatic hydroxyl groups is 1. The van der Waals surface area contributed by atoms with E-state index in [1.54, 1.807) is 36.5 Å². The number of esters is 1. The third-order valence-corrected chi connectivity index (χ3v) is 5.87. The van der Waals surface area contributed by atoms with Crippen LogP contribution >= 0.6 is 11.6 Å². The lowest BCUT2D eigenvalue weighted by atomic mass is 9.93. The van der Waals surface area contributed by atoms with Crippen molar-refractivity contribution in [2.24, 2.45) is 0 Å². The molecule has 1 fully saturated rings. The van der Waals surface area contributed by atoms with Crippen molar-refractivity contribution in [1.82, 2.24) is 14.5 Å². The predicted octanol–water partition coefficient (Wildman–Crippen LogP) is 3.00. The number of carbonyl (C=O) groups excluding carboxylic acids is 1. The van der Waals surface area contributed by atoms with Gasteiger partial charge < -0.3 is 15.2 Å². The summed E-state index contributed by atoms with van der Waals surface area (Å²) in [5.41, 5.74) is 0.862. The third-order valence-electron chi connectivity index (χ3n) is 5.54. The van der Waals surface area contributed by atoms with Gasteiger partial charge in [0.15, 0.2) is 0 Å². The van der Waals surface area contributed by atoms with Gasteiger partial charge in [0.1, 0.15) is 12.2 Å². The van der Waals surface area contributed by atoms with Crippen LogP contribution < -0.4 is 10.9 Å². The summed E-state index contributed by atoms with van der Waals surface area (Å²) in [5.74, 6) is -0.188. The van der Waals surface area contributed by atoms with Crippen molar-refractivity contribution in [3.05, 3.63) is 51.9 Å². The molecule has 162 valence electrons. The molecular formula is C22H23ClN4O4. The molecule has 4 rings (SSSR count). The molecule has 0 aliphatic heterocycles. The molecule has 9 heteroatoms. The van der Waals surface area contributed by atoms with Gasteiger partial charge in [-0.1, -0.05) is 29.8 Å². The first-order valence-corrected chi connectivity index (χ1v) is 10.5. The molecule has 2 aromatic heterocycles. The molecule has 0 spiro atoms. The van der Waals surface area contributed by atoms with E-state index in [2.05, 4.69) is 15.3 Å². The number of carbonyl (C=O) groups is 1. The molecule has 1 aliphatic carbocycles. The molecule has 2 N–H and O–H groups in total. The van der Waals surface area contributed by atoms with E-state index in [1.165, 1.54) is 11.7 Å². The van der Waals surface area contributed by atoms with E-state index in [0.29, 0.717) is 33.1 Å². The molecule has 3 aromatic rings. The molecule has 0 bridgehead atoms. The van der Waals surface area contributed by atoms with E-state index in [4.69, 9.17) is 16.3 Å². The van der Waals surface area contributed by atoms with Crippen LogP contribution in [0.15, 0.2) is 41.3 Å². The Kier molecular flexibility index (Phi) is 6.20. The second-order valence-electron chi connectivity index (χ2n) is 7.63. The fourth-order valence-corrected chi connectivity index (χ4v) is 4.08. The topological polar surface area (TPSA) is 106 Å². The van der Waals surface area contributed by atoms with Gasteiger partial charge in [-0.05, 0) is 37.8 Å². The summed E-state index contributed by atoms with van der Waals surface area (Å²) >= 11 is 6.31. The van der Waals surface area contributed by atoms with Crippen molar-refractivity contribution in [2.75, 3.05) is 12.4 Å². The van der Waals surface area contributed by atoms with Crippen LogP contribution in [0.1, 0.15) is 25.7 Å². The van der Waals surface area contributed by atoms with Gasteiger partial charge in [-0.3, -0.25) is 14.2 Å². The number of halogens is 1. The highest BCUT2D eigenvalue weighted by molar-refractivity contribution is 6.33. The second-order valence-corrected chi connectivity index (χ2v) is 8.03. The van der Waals surface area contributed by atoms with Crippen LogP contribution in [0.3, 0.4) is 0 Å². The average Bonchev–Trinajstić information content (AvgIpc) is 2.77. The molecule has 0 unspecified atom stereocenters. The van der Waals surface area contributed by atoms with Crippen molar-refractivity contribution in [3.63, 3.8) is 0 Å². The first kappa shape index (κ1) is 21.3. The number of pyridine rings is 1. The van der Waals surface area contributed by atoms with Crippen LogP contribution in [0, 0.1) is 0 Å². The second kappa shape index (κ2) is 9.03. The Morgan fingerprint density at radius 2 is 2.00 bits per heavy atom. The fraction of sp³-hybridized carbons (Fsp3) is 0.364. The van der Waals surface area contributed by atoms with Gasteiger partial charge in [-0.25, -0.2) is 4.98 Å². The predicted molar refractivity (Wildman–Crippen MR) is 118 cm³/mol. The fourth-order valence-electron chi connectivity index (χ4n) is 3.84. The maximum absolute atomic E-state index is 13.3. The number of aromatic nitrogens is 3. The van der Waals surface area contributed by atoms with Gasteiger partial charge in [0.25, 0.3) is 5.56 Å². The van der Waals surface area contributed by atoms with Crippen LogP contribution in [-0.2, 0) is 16.1 Å². The molecule has 1 aliphatic rings. The summed E-state index contributed by atoms with van der Waals surface area (Å²) in [6, 6.07) is 8.86. The van der Waals surface area contributed by atoms with Crippen LogP contribution in [-0.4, -0.2) is 44.9 Å². The van der Waals surface area contributed by atoms with Crippen molar-refractivity contribution < 1.29 is 14.6 Å². The number of rotatable bonds is 5. The van der Waals surface area contributed by atoms with Gasteiger partial charge in [0.05, 0.1) is 13.2 Å². The molecule has 0 atom stereocenters. The smallest absolute Gasteiger partial charge is 0.325 e. The molecule has 2 heterocycles. The van der Waals surface area contributed by atoms with Crippen molar-refractivity contribution in [1.29, 1.82) is 0 Å². The summed E-state index contributed by atoms with van der Waals surface area (Å²) < 4.78 is 6.07. The van der Waals surface area contributed by atoms with E-state index in [-0.39, 0.29) is 18.7 Å². The number of nitrogens with one attached hydrogen (secondary N) is 1. The zero-order valence-corrected chi connectivity index (χ0v) is 17.8. The summed E-state index contributed by atoms with van der Waals surface area (Å²) in [7, 11) is 1.27. The van der Waals surface area contributed by atoms with E-state index >= 15 is 0 Å². The van der Waals surface area contributed by atoms with E-state index in [1.807, 2.05) is 0 Å². The van der Waals surface area contributed by atoms with Gasteiger partial charge in [0.2, 0.25) is 5.95 Å². The highest BCUT2D eigenvalue weighted by Crippen LogP contribution is 2.27. The van der Waals surface area contributed by atoms with Crippen molar-refractivity contribution >= 4 is 34.6 Å². The van der Waals surface area contributed by atoms with Gasteiger partial charge in [-0.15, -0.1) is 0 Å². The Hall–Kier alpha value is -2.97. The van der Waals surface area contributed by atoms with Gasteiger partial charge in [0, 0.05) is 33.8 Å². The number of methoxy groups -OCH3 is 1. The van der Waals surface area contributed by atoms with Crippen LogP contribution in [0.4, 0.5) is 5.95 Å². The van der Waals surface area contributed by atoms with E-state index in [9.17, 15) is 14.7 Å². The Morgan fingerprint density at radius 1 is 1.26 bits per heavy atom. The lowest BCUT2D eigenvalue weighted by Gasteiger charge is -2.26. The highest BCUT2D eigenvalue weighted by atomic mass is 35.5. The van der Waals surface area contributed by atoms with Gasteiger partial charge >= 0.3 is 5.97 Å². The quantitative estimate of drug-likeness (QED) is 0.585. The number of hydrogen-bond donors (Lipinski definition) is 2. The Labute approximate surface area is 183 Å². The summed E-state index contributed by atoms with van der Waals surface area (Å²) in [4.78, 5) is 34.3. The van der Waals surface area contributed by atoms with Crippen LogP contribution in [0.25, 0.3) is 22.2 Å². The first-order valence-electron chi connectivity index (χ1n) is 10.1. The normalized spacial score (nSPS) is 18.7. The number of nitrogens with zero attached hydrogens (tertiary/aromatic N) is 3. The lowest BCUT2D eigenvalue weighted by Crippen LogP contribution is -2.30. The minimum Gasteiger partial charge on any atom is -0.468 e. The maximum Gasteiger partial charge on any atom is 0.325 e. The van der Waals surface area contributed by atoms with E-state index in [0.717, 1.165) is 25.7 Å². The Morgan fingerprint density at radius 3 is 2.71 bits per heavy atom. The highest BCUT2D eigenvalue weighted by Gasteiger charge is 2.21. The molecule has 0 saturated heterocycles. The largest absolute Gasteiger partial charge is 0.468 e. The zero-order valence-electron chi connectivity index (χ0n) is 17.0. The number of ether oxygens (including phenoxy) is 1. The van der Waals surface area contributed by atoms with Crippen molar-refractivity contribution in [2.45, 2.75) is 44.4 Å². The Balaban J connectivity index is 1.79. The number of anilines is 1. The SMILES string of the molecule is COC(=O)Cn1c(=O)c(-c2ccccc2Cl)cc2cnc(NC3CCC(O)CC3)nc21. The van der Waals surface area contributed by atoms with Gasteiger partial charge in [-0.2, -0.15) is 4.98 Å². The third kappa shape index (κ3) is 4.55. The Bertz CT molecular complexity index is 1170. The monoisotopic (exact) mass is 442 g/mol. The molecular weight excluding hydrogens is 420 g/mol. The minimum absolute atomic E-state index is 0.143. The number of benzene rings is 1. The maximum atomic E-state index is 13.3. The number of fused-ring (bicyclic) bond motifs is 1. The molecule has 1 aromatic carbocycles. The summed E-state index contributed by atoms with van der Waals surface area (Å²) in [5, 5.41) is 14.0.